The minimum atomic E-state index is 0.155. The molecule has 1 rings (SSSR count). The Bertz CT molecular complexity index is 264. The molecular weight excluding hydrogens is 160 g/mol. The van der Waals surface area contributed by atoms with Crippen LogP contribution in [0.4, 0.5) is 0 Å². The zero-order chi connectivity index (χ0) is 9.68. The number of nitrogens with one attached hydrogen (secondary N) is 1. The zero-order valence-corrected chi connectivity index (χ0v) is 7.96. The van der Waals surface area contributed by atoms with Gasteiger partial charge < -0.3 is 0 Å². The molecule has 70 valence electrons. The quantitative estimate of drug-likeness (QED) is 0.415. The highest BCUT2D eigenvalue weighted by molar-refractivity contribution is 5.22. The Morgan fingerprint density at radius 3 is 2.54 bits per heavy atom. The Hall–Kier alpha value is -1.12. The maximum Gasteiger partial charge on any atom is 0.0428 e. The van der Waals surface area contributed by atoms with Crippen molar-refractivity contribution in [2.75, 3.05) is 0 Å². The van der Waals surface area contributed by atoms with Crippen LogP contribution in [-0.4, -0.2) is 6.04 Å². The van der Waals surface area contributed by atoms with E-state index in [1.54, 1.807) is 0 Å². The minimum absolute atomic E-state index is 0.155. The van der Waals surface area contributed by atoms with Crippen molar-refractivity contribution in [2.45, 2.75) is 19.4 Å². The second-order valence-electron chi connectivity index (χ2n) is 3.20. The number of hydrogen-bond donors (Lipinski definition) is 2. The lowest BCUT2D eigenvalue weighted by molar-refractivity contribution is 0.618. The number of hydrazine groups is 1. The summed E-state index contributed by atoms with van der Waals surface area (Å²) in [5.74, 6) is 5.34. The summed E-state index contributed by atoms with van der Waals surface area (Å²) in [5, 5.41) is 0. The second-order valence-corrected chi connectivity index (χ2v) is 3.20. The average molecular weight is 176 g/mol. The van der Waals surface area contributed by atoms with Crippen molar-refractivity contribution in [1.29, 1.82) is 0 Å². The first-order chi connectivity index (χ1) is 6.26. The van der Waals surface area contributed by atoms with Gasteiger partial charge in [0.05, 0.1) is 0 Å². The zero-order valence-electron chi connectivity index (χ0n) is 7.96. The monoisotopic (exact) mass is 176 g/mol. The summed E-state index contributed by atoms with van der Waals surface area (Å²) < 4.78 is 0. The molecule has 1 atom stereocenters. The Labute approximate surface area is 79.4 Å². The van der Waals surface area contributed by atoms with Crippen molar-refractivity contribution in [3.8, 4) is 0 Å². The molecule has 0 aliphatic rings. The van der Waals surface area contributed by atoms with Gasteiger partial charge in [-0.1, -0.05) is 35.9 Å². The van der Waals surface area contributed by atoms with Crippen molar-refractivity contribution in [3.05, 3.63) is 48.0 Å². The molecule has 0 aromatic heterocycles. The molecule has 2 heteroatoms. The lowest BCUT2D eigenvalue weighted by Gasteiger charge is -2.10. The largest absolute Gasteiger partial charge is 0.271 e. The van der Waals surface area contributed by atoms with Crippen LogP contribution < -0.4 is 11.3 Å². The van der Waals surface area contributed by atoms with Crippen LogP contribution in [0.25, 0.3) is 0 Å². The van der Waals surface area contributed by atoms with E-state index in [0.717, 1.165) is 6.42 Å². The molecule has 2 nitrogen and oxygen atoms in total. The predicted octanol–water partition coefficient (Wildman–Crippen LogP) is 1.56. The molecule has 13 heavy (non-hydrogen) atoms. The third-order valence-corrected chi connectivity index (χ3v) is 2.07. The first kappa shape index (κ1) is 9.96. The van der Waals surface area contributed by atoms with E-state index in [9.17, 15) is 0 Å². The van der Waals surface area contributed by atoms with E-state index in [4.69, 9.17) is 5.84 Å². The van der Waals surface area contributed by atoms with Crippen molar-refractivity contribution < 1.29 is 0 Å². The standard InChI is InChI=1S/C11H16N2/c1-3-11(13-12)8-10-6-4-9(2)5-7-10/h3-7,11,13H,1,8,12H2,2H3. The highest BCUT2D eigenvalue weighted by Crippen LogP contribution is 2.05. The summed E-state index contributed by atoms with van der Waals surface area (Å²) in [6.07, 6.45) is 2.71. The van der Waals surface area contributed by atoms with Gasteiger partial charge >= 0.3 is 0 Å². The Balaban J connectivity index is 2.63. The summed E-state index contributed by atoms with van der Waals surface area (Å²) in [7, 11) is 0. The molecule has 3 N–H and O–H groups in total. The van der Waals surface area contributed by atoms with Crippen LogP contribution in [0.1, 0.15) is 11.1 Å². The molecule has 0 spiro atoms. The molecule has 0 amide bonds. The minimum Gasteiger partial charge on any atom is -0.271 e. The lowest BCUT2D eigenvalue weighted by Crippen LogP contribution is -2.34. The van der Waals surface area contributed by atoms with Gasteiger partial charge in [-0.15, -0.1) is 6.58 Å². The van der Waals surface area contributed by atoms with E-state index in [1.165, 1.54) is 11.1 Å². The number of nitrogens with two attached hydrogens (primary N) is 1. The maximum atomic E-state index is 5.34. The van der Waals surface area contributed by atoms with Gasteiger partial charge in [-0.3, -0.25) is 11.3 Å². The summed E-state index contributed by atoms with van der Waals surface area (Å²) >= 11 is 0. The molecule has 0 radical (unpaired) electrons. The van der Waals surface area contributed by atoms with E-state index in [0.29, 0.717) is 0 Å². The molecule has 0 saturated heterocycles. The third-order valence-electron chi connectivity index (χ3n) is 2.07. The maximum absolute atomic E-state index is 5.34. The summed E-state index contributed by atoms with van der Waals surface area (Å²) in [6.45, 7) is 5.78. The molecule has 0 aliphatic carbocycles. The fourth-order valence-corrected chi connectivity index (χ4v) is 1.19. The first-order valence-electron chi connectivity index (χ1n) is 4.40. The van der Waals surface area contributed by atoms with Gasteiger partial charge in [-0.25, -0.2) is 0 Å². The SMILES string of the molecule is C=CC(Cc1ccc(C)cc1)NN. The van der Waals surface area contributed by atoms with Crippen molar-refractivity contribution >= 4 is 0 Å². The first-order valence-corrected chi connectivity index (χ1v) is 4.40. The van der Waals surface area contributed by atoms with E-state index >= 15 is 0 Å². The molecule has 0 bridgehead atoms. The molecule has 0 saturated carbocycles. The highest BCUT2D eigenvalue weighted by atomic mass is 15.2. The third kappa shape index (κ3) is 3.01. The molecular formula is C11H16N2. The lowest BCUT2D eigenvalue weighted by atomic mass is 10.1. The van der Waals surface area contributed by atoms with Crippen molar-refractivity contribution in [1.82, 2.24) is 5.43 Å². The summed E-state index contributed by atoms with van der Waals surface area (Å²) in [5.41, 5.74) is 5.25. The Morgan fingerprint density at radius 1 is 1.46 bits per heavy atom. The number of benzene rings is 1. The van der Waals surface area contributed by atoms with Crippen molar-refractivity contribution in [2.24, 2.45) is 5.84 Å². The topological polar surface area (TPSA) is 38.0 Å². The van der Waals surface area contributed by atoms with Crippen LogP contribution in [0.3, 0.4) is 0 Å². The number of rotatable bonds is 4. The smallest absolute Gasteiger partial charge is 0.0428 e. The predicted molar refractivity (Wildman–Crippen MR) is 56.2 cm³/mol. The average Bonchev–Trinajstić information content (AvgIpc) is 2.17. The van der Waals surface area contributed by atoms with Gasteiger partial charge in [0.25, 0.3) is 0 Å². The van der Waals surface area contributed by atoms with Crippen LogP contribution >= 0.6 is 0 Å². The van der Waals surface area contributed by atoms with Gasteiger partial charge in [-0.05, 0) is 18.9 Å². The Morgan fingerprint density at radius 2 is 2.08 bits per heavy atom. The molecule has 1 aromatic carbocycles. The fourth-order valence-electron chi connectivity index (χ4n) is 1.19. The van der Waals surface area contributed by atoms with Crippen molar-refractivity contribution in [3.63, 3.8) is 0 Å². The van der Waals surface area contributed by atoms with Gasteiger partial charge in [0.15, 0.2) is 0 Å². The highest BCUT2D eigenvalue weighted by Gasteiger charge is 2.01. The van der Waals surface area contributed by atoms with E-state index < -0.39 is 0 Å². The molecule has 1 unspecified atom stereocenters. The normalized spacial score (nSPS) is 12.5. The molecule has 1 aromatic rings. The van der Waals surface area contributed by atoms with Crippen LogP contribution in [0.5, 0.6) is 0 Å². The van der Waals surface area contributed by atoms with Gasteiger partial charge in [-0.2, -0.15) is 0 Å². The van der Waals surface area contributed by atoms with Crippen LogP contribution in [-0.2, 0) is 6.42 Å². The van der Waals surface area contributed by atoms with Gasteiger partial charge in [0.1, 0.15) is 0 Å². The van der Waals surface area contributed by atoms with Crippen LogP contribution in [0.2, 0.25) is 0 Å². The molecule has 0 fully saturated rings. The van der Waals surface area contributed by atoms with E-state index in [1.807, 2.05) is 6.08 Å². The van der Waals surface area contributed by atoms with E-state index in [-0.39, 0.29) is 6.04 Å². The fraction of sp³-hybridized carbons (Fsp3) is 0.273. The van der Waals surface area contributed by atoms with E-state index in [2.05, 4.69) is 43.2 Å². The summed E-state index contributed by atoms with van der Waals surface area (Å²) in [6, 6.07) is 8.59. The van der Waals surface area contributed by atoms with Crippen LogP contribution in [0, 0.1) is 6.92 Å². The van der Waals surface area contributed by atoms with Crippen LogP contribution in [0.15, 0.2) is 36.9 Å². The Kier molecular flexibility index (Phi) is 3.68. The second kappa shape index (κ2) is 4.80. The molecule has 0 aliphatic heterocycles. The summed E-state index contributed by atoms with van der Waals surface area (Å²) in [4.78, 5) is 0. The van der Waals surface area contributed by atoms with Gasteiger partial charge in [0, 0.05) is 6.04 Å². The molecule has 0 heterocycles. The number of hydrogen-bond acceptors (Lipinski definition) is 2. The van der Waals surface area contributed by atoms with Gasteiger partial charge in [0.2, 0.25) is 0 Å². The number of aryl methyl sites for hydroxylation is 1.